The van der Waals surface area contributed by atoms with Crippen LogP contribution in [0.1, 0.15) is 5.56 Å². The highest BCUT2D eigenvalue weighted by molar-refractivity contribution is 7.99. The minimum absolute atomic E-state index is 0.00265. The zero-order valence-corrected chi connectivity index (χ0v) is 11.4. The molecule has 0 fully saturated rings. The lowest BCUT2D eigenvalue weighted by atomic mass is 10.3. The molecule has 0 aliphatic heterocycles. The highest BCUT2D eigenvalue weighted by Crippen LogP contribution is 2.06. The molecule has 0 aromatic carbocycles. The van der Waals surface area contributed by atoms with Crippen LogP contribution < -0.4 is 16.7 Å². The minimum Gasteiger partial charge on any atom is -0.272 e. The standard InChI is InChI=1S/C11H10N6O3S/c18-8(15-13-5-7-1-3-12-4-2-7)6-21-10-9(19)14-11(20)17-16-10/h1-5H,6H2,(H,15,18)(H2,14,17,19,20). The van der Waals surface area contributed by atoms with E-state index in [9.17, 15) is 14.4 Å². The number of H-pyrrole nitrogens is 2. The van der Waals surface area contributed by atoms with Crippen LogP contribution in [0, 0.1) is 0 Å². The number of aromatic amines is 2. The molecule has 0 atom stereocenters. The first kappa shape index (κ1) is 14.7. The molecule has 2 heterocycles. The van der Waals surface area contributed by atoms with Crippen molar-refractivity contribution in [3.63, 3.8) is 0 Å². The first-order chi connectivity index (χ1) is 10.1. The molecule has 0 bridgehead atoms. The molecule has 2 aromatic rings. The molecule has 0 unspecified atom stereocenters. The van der Waals surface area contributed by atoms with Gasteiger partial charge in [0.1, 0.15) is 0 Å². The van der Waals surface area contributed by atoms with Gasteiger partial charge in [0.2, 0.25) is 5.91 Å². The summed E-state index contributed by atoms with van der Waals surface area (Å²) in [5.74, 6) is -0.465. The summed E-state index contributed by atoms with van der Waals surface area (Å²) in [4.78, 5) is 39.5. The van der Waals surface area contributed by atoms with E-state index in [4.69, 9.17) is 0 Å². The summed E-state index contributed by atoms with van der Waals surface area (Å²) < 4.78 is 0. The first-order valence-corrected chi connectivity index (χ1v) is 6.67. The van der Waals surface area contributed by atoms with Crippen LogP contribution in [0.2, 0.25) is 0 Å². The summed E-state index contributed by atoms with van der Waals surface area (Å²) in [5, 5.41) is 9.38. The lowest BCUT2D eigenvalue weighted by Gasteiger charge is -1.98. The predicted molar refractivity (Wildman–Crippen MR) is 76.2 cm³/mol. The Morgan fingerprint density at radius 2 is 2.14 bits per heavy atom. The van der Waals surface area contributed by atoms with Gasteiger partial charge in [0.25, 0.3) is 5.56 Å². The quantitative estimate of drug-likeness (QED) is 0.372. The molecule has 10 heteroatoms. The molecular formula is C11H10N6O3S. The highest BCUT2D eigenvalue weighted by atomic mass is 32.2. The maximum Gasteiger partial charge on any atom is 0.342 e. The van der Waals surface area contributed by atoms with E-state index in [2.05, 4.69) is 25.7 Å². The van der Waals surface area contributed by atoms with Crippen molar-refractivity contribution in [2.24, 2.45) is 5.10 Å². The van der Waals surface area contributed by atoms with E-state index < -0.39 is 17.2 Å². The van der Waals surface area contributed by atoms with Crippen molar-refractivity contribution < 1.29 is 4.79 Å². The van der Waals surface area contributed by atoms with Crippen molar-refractivity contribution in [3.05, 3.63) is 50.9 Å². The molecule has 3 N–H and O–H groups in total. The number of carbonyl (C=O) groups is 1. The van der Waals surface area contributed by atoms with Gasteiger partial charge in [-0.15, -0.1) is 0 Å². The van der Waals surface area contributed by atoms with E-state index in [0.717, 1.165) is 17.3 Å². The van der Waals surface area contributed by atoms with Crippen molar-refractivity contribution in [3.8, 4) is 0 Å². The minimum atomic E-state index is -0.698. The fourth-order valence-corrected chi connectivity index (χ4v) is 1.85. The van der Waals surface area contributed by atoms with E-state index in [0.29, 0.717) is 0 Å². The smallest absolute Gasteiger partial charge is 0.272 e. The van der Waals surface area contributed by atoms with Crippen molar-refractivity contribution >= 4 is 23.9 Å². The Morgan fingerprint density at radius 1 is 1.38 bits per heavy atom. The Bertz CT molecular complexity index is 754. The maximum absolute atomic E-state index is 11.5. The second kappa shape index (κ2) is 7.14. The Morgan fingerprint density at radius 3 is 2.86 bits per heavy atom. The van der Waals surface area contributed by atoms with Gasteiger partial charge in [0.05, 0.1) is 12.0 Å². The molecule has 0 saturated heterocycles. The number of hydrogen-bond acceptors (Lipinski definition) is 7. The molecule has 1 amide bonds. The van der Waals surface area contributed by atoms with Crippen LogP contribution in [-0.2, 0) is 4.79 Å². The fraction of sp³-hybridized carbons (Fsp3) is 0.0909. The lowest BCUT2D eigenvalue weighted by Crippen LogP contribution is -2.26. The van der Waals surface area contributed by atoms with Crippen LogP contribution in [0.25, 0.3) is 0 Å². The number of thioether (sulfide) groups is 1. The van der Waals surface area contributed by atoms with Crippen LogP contribution in [0.15, 0.2) is 44.2 Å². The first-order valence-electron chi connectivity index (χ1n) is 5.69. The monoisotopic (exact) mass is 306 g/mol. The molecule has 0 saturated carbocycles. The van der Waals surface area contributed by atoms with Gasteiger partial charge in [-0.2, -0.15) is 10.2 Å². The summed E-state index contributed by atoms with van der Waals surface area (Å²) in [6.07, 6.45) is 4.68. The Kier molecular flexibility index (Phi) is 4.99. The fourth-order valence-electron chi connectivity index (χ4n) is 1.23. The maximum atomic E-state index is 11.5. The number of hydrogen-bond donors (Lipinski definition) is 3. The molecule has 0 aliphatic carbocycles. The summed E-state index contributed by atoms with van der Waals surface area (Å²) >= 11 is 0.889. The number of nitrogens with one attached hydrogen (secondary N) is 3. The van der Waals surface area contributed by atoms with Crippen LogP contribution in [-0.4, -0.2) is 38.0 Å². The van der Waals surface area contributed by atoms with E-state index in [-0.39, 0.29) is 10.8 Å². The molecule has 108 valence electrons. The second-order valence-electron chi connectivity index (χ2n) is 3.67. The number of carbonyl (C=O) groups excluding carboxylic acids is 1. The molecule has 2 rings (SSSR count). The average molecular weight is 306 g/mol. The molecule has 9 nitrogen and oxygen atoms in total. The van der Waals surface area contributed by atoms with Crippen molar-refractivity contribution in [1.82, 2.24) is 25.6 Å². The third-order valence-electron chi connectivity index (χ3n) is 2.13. The SMILES string of the molecule is O=C(CSc1n[nH]c(=O)[nH]c1=O)NN=Cc1ccncc1. The normalized spacial score (nSPS) is 10.7. The largest absolute Gasteiger partial charge is 0.342 e. The number of aromatic nitrogens is 4. The highest BCUT2D eigenvalue weighted by Gasteiger charge is 2.06. The van der Waals surface area contributed by atoms with Gasteiger partial charge in [0, 0.05) is 12.4 Å². The number of nitrogens with zero attached hydrogens (tertiary/aromatic N) is 3. The molecule has 2 aromatic heterocycles. The van der Waals surface area contributed by atoms with Gasteiger partial charge in [-0.1, -0.05) is 11.8 Å². The Hall–Kier alpha value is -2.75. The summed E-state index contributed by atoms with van der Waals surface area (Å²) in [5.41, 5.74) is 1.76. The zero-order chi connectivity index (χ0) is 15.1. The van der Waals surface area contributed by atoms with Gasteiger partial charge in [-0.05, 0) is 17.7 Å². The molecule has 0 spiro atoms. The van der Waals surface area contributed by atoms with Crippen molar-refractivity contribution in [2.75, 3.05) is 5.75 Å². The van der Waals surface area contributed by atoms with Crippen molar-refractivity contribution in [1.29, 1.82) is 0 Å². The summed E-state index contributed by atoms with van der Waals surface area (Å²) in [6.45, 7) is 0. The van der Waals surface area contributed by atoms with Crippen LogP contribution in [0.4, 0.5) is 0 Å². The number of pyridine rings is 1. The third-order valence-corrected chi connectivity index (χ3v) is 3.09. The van der Waals surface area contributed by atoms with E-state index in [1.54, 1.807) is 24.5 Å². The van der Waals surface area contributed by atoms with Gasteiger partial charge in [0.15, 0.2) is 5.03 Å². The second-order valence-corrected chi connectivity index (χ2v) is 4.64. The van der Waals surface area contributed by atoms with Crippen LogP contribution in [0.3, 0.4) is 0 Å². The number of hydrazone groups is 1. The third kappa shape index (κ3) is 4.69. The molecule has 0 radical (unpaired) electrons. The van der Waals surface area contributed by atoms with E-state index >= 15 is 0 Å². The van der Waals surface area contributed by atoms with Crippen LogP contribution >= 0.6 is 11.8 Å². The molecule has 21 heavy (non-hydrogen) atoms. The van der Waals surface area contributed by atoms with Crippen LogP contribution in [0.5, 0.6) is 0 Å². The van der Waals surface area contributed by atoms with Gasteiger partial charge >= 0.3 is 5.69 Å². The number of rotatable bonds is 5. The Labute approximate surface area is 121 Å². The zero-order valence-electron chi connectivity index (χ0n) is 10.6. The predicted octanol–water partition coefficient (Wildman–Crippen LogP) is -0.904. The van der Waals surface area contributed by atoms with Gasteiger partial charge < -0.3 is 0 Å². The van der Waals surface area contributed by atoms with Crippen molar-refractivity contribution in [2.45, 2.75) is 5.03 Å². The van der Waals surface area contributed by atoms with Gasteiger partial charge in [-0.3, -0.25) is 19.6 Å². The summed E-state index contributed by atoms with van der Waals surface area (Å²) in [6, 6.07) is 3.46. The molecule has 0 aliphatic rings. The molecular weight excluding hydrogens is 296 g/mol. The van der Waals surface area contributed by atoms with E-state index in [1.807, 2.05) is 4.98 Å². The lowest BCUT2D eigenvalue weighted by molar-refractivity contribution is -0.118. The topological polar surface area (TPSA) is 133 Å². The van der Waals surface area contributed by atoms with Gasteiger partial charge in [-0.25, -0.2) is 15.3 Å². The van der Waals surface area contributed by atoms with E-state index in [1.165, 1.54) is 6.21 Å². The Balaban J connectivity index is 1.84. The summed E-state index contributed by atoms with van der Waals surface area (Å²) in [7, 11) is 0. The average Bonchev–Trinajstić information content (AvgIpc) is 2.47. The number of amides is 1.